The number of pyridine rings is 1. The van der Waals surface area contributed by atoms with Gasteiger partial charge in [0.05, 0.1) is 22.0 Å². The predicted molar refractivity (Wildman–Crippen MR) is 129 cm³/mol. The molecule has 0 aliphatic carbocycles. The van der Waals surface area contributed by atoms with Crippen LogP contribution in [0.5, 0.6) is 5.88 Å². The summed E-state index contributed by atoms with van der Waals surface area (Å²) in [6.07, 6.45) is 4.97. The van der Waals surface area contributed by atoms with Crippen molar-refractivity contribution in [1.82, 2.24) is 4.57 Å². The fourth-order valence-electron chi connectivity index (χ4n) is 3.61. The van der Waals surface area contributed by atoms with Crippen molar-refractivity contribution in [2.24, 2.45) is 4.99 Å². The third-order valence-electron chi connectivity index (χ3n) is 5.29. The van der Waals surface area contributed by atoms with Gasteiger partial charge in [0.25, 0.3) is 5.56 Å². The number of para-hydroxylation sites is 1. The van der Waals surface area contributed by atoms with E-state index >= 15 is 0 Å². The van der Waals surface area contributed by atoms with Gasteiger partial charge in [-0.3, -0.25) is 9.79 Å². The summed E-state index contributed by atoms with van der Waals surface area (Å²) in [6, 6.07) is 22.2. The van der Waals surface area contributed by atoms with Gasteiger partial charge in [-0.25, -0.2) is 4.57 Å². The lowest BCUT2D eigenvalue weighted by atomic mass is 10.1. The summed E-state index contributed by atoms with van der Waals surface area (Å²) in [5.41, 5.74) is 2.61. The smallest absolute Gasteiger partial charge is 0.265 e. The van der Waals surface area contributed by atoms with Gasteiger partial charge in [0.2, 0.25) is 5.88 Å². The Labute approximate surface area is 186 Å². The van der Waals surface area contributed by atoms with E-state index in [0.29, 0.717) is 27.0 Å². The molecule has 0 spiro atoms. The molecule has 0 aliphatic rings. The third kappa shape index (κ3) is 4.25. The summed E-state index contributed by atoms with van der Waals surface area (Å²) in [5.74, 6) is -0.194. The molecule has 3 aromatic carbocycles. The minimum Gasteiger partial charge on any atom is -0.494 e. The molecule has 5 heteroatoms. The minimum absolute atomic E-state index is 0.194. The van der Waals surface area contributed by atoms with Crippen LogP contribution in [-0.4, -0.2) is 15.9 Å². The molecule has 0 amide bonds. The SMILES string of the molecule is CCCCc1ccc(N=Cc2c(O)n(-c3ccccc3Cl)c(=O)c3ccccc23)cc1. The molecule has 1 aromatic heterocycles. The van der Waals surface area contributed by atoms with Gasteiger partial charge < -0.3 is 5.11 Å². The number of hydrogen-bond donors (Lipinski definition) is 1. The number of aryl methyl sites for hydroxylation is 1. The third-order valence-corrected chi connectivity index (χ3v) is 5.61. The number of hydrogen-bond acceptors (Lipinski definition) is 3. The Morgan fingerprint density at radius 3 is 2.35 bits per heavy atom. The van der Waals surface area contributed by atoms with E-state index < -0.39 is 0 Å². The van der Waals surface area contributed by atoms with E-state index in [1.807, 2.05) is 24.3 Å². The van der Waals surface area contributed by atoms with Crippen molar-refractivity contribution in [2.75, 3.05) is 0 Å². The number of unbranched alkanes of at least 4 members (excludes halogenated alkanes) is 1. The van der Waals surface area contributed by atoms with Gasteiger partial charge in [0.15, 0.2) is 0 Å². The normalized spacial score (nSPS) is 11.4. The van der Waals surface area contributed by atoms with Crippen LogP contribution in [0, 0.1) is 0 Å². The molecule has 4 aromatic rings. The largest absolute Gasteiger partial charge is 0.494 e. The van der Waals surface area contributed by atoms with Crippen molar-refractivity contribution in [3.8, 4) is 11.6 Å². The zero-order valence-electron chi connectivity index (χ0n) is 17.3. The van der Waals surface area contributed by atoms with Gasteiger partial charge in [-0.1, -0.05) is 67.4 Å². The second-order valence-electron chi connectivity index (χ2n) is 7.40. The molecular formula is C26H23ClN2O2. The van der Waals surface area contributed by atoms with Crippen molar-refractivity contribution < 1.29 is 5.11 Å². The van der Waals surface area contributed by atoms with Crippen LogP contribution in [0.25, 0.3) is 16.5 Å². The quantitative estimate of drug-likeness (QED) is 0.358. The van der Waals surface area contributed by atoms with E-state index in [4.69, 9.17) is 11.6 Å². The van der Waals surface area contributed by atoms with Gasteiger partial charge >= 0.3 is 0 Å². The number of aliphatic imine (C=N–C) groups is 1. The summed E-state index contributed by atoms with van der Waals surface area (Å²) in [6.45, 7) is 2.18. The topological polar surface area (TPSA) is 54.6 Å². The molecule has 4 rings (SSSR count). The Kier molecular flexibility index (Phi) is 6.19. The number of nitrogens with zero attached hydrogens (tertiary/aromatic N) is 2. The molecule has 0 unspecified atom stereocenters. The minimum atomic E-state index is -0.335. The second-order valence-corrected chi connectivity index (χ2v) is 7.81. The van der Waals surface area contributed by atoms with Gasteiger partial charge in [-0.05, 0) is 48.7 Å². The lowest BCUT2D eigenvalue weighted by Gasteiger charge is -2.14. The van der Waals surface area contributed by atoms with Crippen LogP contribution >= 0.6 is 11.6 Å². The highest BCUT2D eigenvalue weighted by molar-refractivity contribution is 6.32. The molecule has 1 heterocycles. The Balaban J connectivity index is 1.83. The number of benzene rings is 3. The standard InChI is InChI=1S/C26H23ClN2O2/c1-2-3-8-18-13-15-19(16-14-18)28-17-22-20-9-4-5-10-21(20)25(30)29(26(22)31)24-12-7-6-11-23(24)27/h4-7,9-17,31H,2-3,8H2,1H3. The number of aromatic nitrogens is 1. The van der Waals surface area contributed by atoms with Crippen LogP contribution in [0.4, 0.5) is 5.69 Å². The van der Waals surface area contributed by atoms with E-state index in [1.54, 1.807) is 42.6 Å². The first kappa shape index (κ1) is 20.9. The Morgan fingerprint density at radius 1 is 0.968 bits per heavy atom. The van der Waals surface area contributed by atoms with E-state index in [0.717, 1.165) is 24.9 Å². The maximum atomic E-state index is 13.2. The Hall–Kier alpha value is -3.37. The summed E-state index contributed by atoms with van der Waals surface area (Å²) in [4.78, 5) is 17.7. The van der Waals surface area contributed by atoms with E-state index in [2.05, 4.69) is 24.0 Å². The van der Waals surface area contributed by atoms with E-state index in [1.165, 1.54) is 10.1 Å². The monoisotopic (exact) mass is 430 g/mol. The fourth-order valence-corrected chi connectivity index (χ4v) is 3.83. The van der Waals surface area contributed by atoms with Crippen LogP contribution in [-0.2, 0) is 6.42 Å². The molecule has 0 fully saturated rings. The molecule has 31 heavy (non-hydrogen) atoms. The Morgan fingerprint density at radius 2 is 1.65 bits per heavy atom. The van der Waals surface area contributed by atoms with Gasteiger partial charge in [-0.2, -0.15) is 0 Å². The second kappa shape index (κ2) is 9.19. The molecule has 0 radical (unpaired) electrons. The lowest BCUT2D eigenvalue weighted by Crippen LogP contribution is -2.20. The van der Waals surface area contributed by atoms with Crippen LogP contribution in [0.2, 0.25) is 5.02 Å². The van der Waals surface area contributed by atoms with Gasteiger partial charge in [0, 0.05) is 17.0 Å². The van der Waals surface area contributed by atoms with Crippen LogP contribution in [0.1, 0.15) is 30.9 Å². The molecule has 0 atom stereocenters. The number of aromatic hydroxyl groups is 1. The molecule has 156 valence electrons. The lowest BCUT2D eigenvalue weighted by molar-refractivity contribution is 0.436. The zero-order chi connectivity index (χ0) is 21.8. The number of fused-ring (bicyclic) bond motifs is 1. The average molecular weight is 431 g/mol. The van der Waals surface area contributed by atoms with E-state index in [-0.39, 0.29) is 11.4 Å². The maximum absolute atomic E-state index is 13.2. The van der Waals surface area contributed by atoms with Crippen LogP contribution in [0.15, 0.2) is 82.6 Å². The summed E-state index contributed by atoms with van der Waals surface area (Å²) in [7, 11) is 0. The highest BCUT2D eigenvalue weighted by Gasteiger charge is 2.17. The average Bonchev–Trinajstić information content (AvgIpc) is 2.79. The van der Waals surface area contributed by atoms with Crippen molar-refractivity contribution in [3.05, 3.63) is 99.3 Å². The number of rotatable bonds is 6. The molecule has 0 saturated carbocycles. The van der Waals surface area contributed by atoms with Crippen LogP contribution < -0.4 is 5.56 Å². The van der Waals surface area contributed by atoms with Crippen molar-refractivity contribution in [3.63, 3.8) is 0 Å². The zero-order valence-corrected chi connectivity index (χ0v) is 18.0. The molecule has 0 saturated heterocycles. The first-order valence-corrected chi connectivity index (χ1v) is 10.7. The summed E-state index contributed by atoms with van der Waals surface area (Å²) < 4.78 is 1.24. The van der Waals surface area contributed by atoms with Crippen molar-refractivity contribution in [2.45, 2.75) is 26.2 Å². The summed E-state index contributed by atoms with van der Waals surface area (Å²) >= 11 is 6.33. The van der Waals surface area contributed by atoms with Gasteiger partial charge in [-0.15, -0.1) is 0 Å². The summed E-state index contributed by atoms with van der Waals surface area (Å²) in [5, 5.41) is 12.6. The van der Waals surface area contributed by atoms with Crippen LogP contribution in [0.3, 0.4) is 0 Å². The maximum Gasteiger partial charge on any atom is 0.265 e. The molecular weight excluding hydrogens is 408 g/mol. The fraction of sp³-hybridized carbons (Fsp3) is 0.154. The molecule has 4 nitrogen and oxygen atoms in total. The highest BCUT2D eigenvalue weighted by atomic mass is 35.5. The number of halogens is 1. The molecule has 1 N–H and O–H groups in total. The van der Waals surface area contributed by atoms with Gasteiger partial charge in [0.1, 0.15) is 0 Å². The molecule has 0 bridgehead atoms. The van der Waals surface area contributed by atoms with Crippen molar-refractivity contribution >= 4 is 34.3 Å². The predicted octanol–water partition coefficient (Wildman–Crippen LogP) is 6.44. The first-order valence-electron chi connectivity index (χ1n) is 10.3. The van der Waals surface area contributed by atoms with E-state index in [9.17, 15) is 9.90 Å². The Bertz CT molecular complexity index is 1310. The van der Waals surface area contributed by atoms with Crippen molar-refractivity contribution in [1.29, 1.82) is 0 Å². The first-order chi connectivity index (χ1) is 15.1. The highest BCUT2D eigenvalue weighted by Crippen LogP contribution is 2.29. The molecule has 0 aliphatic heterocycles.